The molecule has 2 aromatic rings. The van der Waals surface area contributed by atoms with Gasteiger partial charge in [-0.25, -0.2) is 4.79 Å². The van der Waals surface area contributed by atoms with E-state index in [-0.39, 0.29) is 17.1 Å². The van der Waals surface area contributed by atoms with E-state index in [4.69, 9.17) is 4.74 Å². The van der Waals surface area contributed by atoms with Gasteiger partial charge in [-0.1, -0.05) is 30.3 Å². The van der Waals surface area contributed by atoms with Gasteiger partial charge in [0.25, 0.3) is 5.70 Å². The summed E-state index contributed by atoms with van der Waals surface area (Å²) in [7, 11) is 0. The number of nitro groups is 1. The average molecular weight is 341 g/mol. The topological polar surface area (TPSA) is 111 Å². The molecule has 0 bridgehead atoms. The van der Waals surface area contributed by atoms with Crippen molar-refractivity contribution >= 4 is 22.8 Å². The van der Waals surface area contributed by atoms with E-state index in [1.54, 1.807) is 24.3 Å². The van der Waals surface area contributed by atoms with Crippen molar-refractivity contribution < 1.29 is 19.2 Å². The Bertz CT molecular complexity index is 935. The molecule has 0 radical (unpaired) electrons. The SMILES string of the molecule is CC(=O)Oc1ccc2ccccc2c1C1NC(=O)NC(C)=C1[N+](=O)[O-]. The lowest BCUT2D eigenvalue weighted by molar-refractivity contribution is -0.432. The molecule has 25 heavy (non-hydrogen) atoms. The van der Waals surface area contributed by atoms with Crippen molar-refractivity contribution in [1.29, 1.82) is 0 Å². The highest BCUT2D eigenvalue weighted by atomic mass is 16.6. The van der Waals surface area contributed by atoms with Gasteiger partial charge in [-0.3, -0.25) is 14.9 Å². The lowest BCUT2D eigenvalue weighted by Gasteiger charge is -2.25. The molecule has 8 nitrogen and oxygen atoms in total. The zero-order chi connectivity index (χ0) is 18.1. The smallest absolute Gasteiger partial charge is 0.320 e. The maximum Gasteiger partial charge on any atom is 0.320 e. The zero-order valence-electron chi connectivity index (χ0n) is 13.5. The van der Waals surface area contributed by atoms with Crippen LogP contribution in [0.4, 0.5) is 4.79 Å². The molecule has 8 heteroatoms. The number of rotatable bonds is 3. The first-order valence-corrected chi connectivity index (χ1v) is 7.51. The lowest BCUT2D eigenvalue weighted by Crippen LogP contribution is -2.45. The Morgan fingerprint density at radius 3 is 2.64 bits per heavy atom. The lowest BCUT2D eigenvalue weighted by atomic mass is 9.94. The summed E-state index contributed by atoms with van der Waals surface area (Å²) in [4.78, 5) is 34.4. The number of amides is 2. The van der Waals surface area contributed by atoms with Crippen LogP contribution in [0.15, 0.2) is 47.8 Å². The Morgan fingerprint density at radius 2 is 1.96 bits per heavy atom. The molecule has 2 N–H and O–H groups in total. The van der Waals surface area contributed by atoms with Crippen LogP contribution in [0.25, 0.3) is 10.8 Å². The number of ether oxygens (including phenoxy) is 1. The number of esters is 1. The summed E-state index contributed by atoms with van der Waals surface area (Å²) >= 11 is 0. The van der Waals surface area contributed by atoms with E-state index in [1.165, 1.54) is 13.8 Å². The summed E-state index contributed by atoms with van der Waals surface area (Å²) < 4.78 is 5.25. The van der Waals surface area contributed by atoms with E-state index >= 15 is 0 Å². The third-order valence-corrected chi connectivity index (χ3v) is 3.90. The first kappa shape index (κ1) is 16.4. The van der Waals surface area contributed by atoms with Gasteiger partial charge in [-0.05, 0) is 23.8 Å². The van der Waals surface area contributed by atoms with Crippen molar-refractivity contribution in [2.75, 3.05) is 0 Å². The van der Waals surface area contributed by atoms with E-state index in [0.29, 0.717) is 10.9 Å². The number of carbonyl (C=O) groups is 2. The Labute approximate surface area is 142 Å². The molecule has 0 aliphatic carbocycles. The minimum atomic E-state index is -1.05. The van der Waals surface area contributed by atoms with Gasteiger partial charge in [0, 0.05) is 12.5 Å². The number of hydrogen-bond donors (Lipinski definition) is 2. The van der Waals surface area contributed by atoms with Crippen molar-refractivity contribution in [2.45, 2.75) is 19.9 Å². The van der Waals surface area contributed by atoms with Crippen molar-refractivity contribution in [3.05, 3.63) is 63.5 Å². The highest BCUT2D eigenvalue weighted by Crippen LogP contribution is 2.38. The molecule has 0 fully saturated rings. The van der Waals surface area contributed by atoms with Gasteiger partial charge in [0.2, 0.25) is 0 Å². The highest BCUT2D eigenvalue weighted by Gasteiger charge is 2.38. The quantitative estimate of drug-likeness (QED) is 0.386. The maximum absolute atomic E-state index is 11.9. The Morgan fingerprint density at radius 1 is 1.24 bits per heavy atom. The molecule has 1 heterocycles. The van der Waals surface area contributed by atoms with Crippen molar-refractivity contribution in [2.24, 2.45) is 0 Å². The number of nitrogens with one attached hydrogen (secondary N) is 2. The molecule has 0 aromatic heterocycles. The van der Waals surface area contributed by atoms with Crippen LogP contribution < -0.4 is 15.4 Å². The molecular weight excluding hydrogens is 326 g/mol. The second-order valence-electron chi connectivity index (χ2n) is 5.59. The van der Waals surface area contributed by atoms with Crippen LogP contribution >= 0.6 is 0 Å². The van der Waals surface area contributed by atoms with Gasteiger partial charge < -0.3 is 15.4 Å². The van der Waals surface area contributed by atoms with Crippen molar-refractivity contribution in [3.63, 3.8) is 0 Å². The molecule has 0 saturated carbocycles. The molecule has 1 unspecified atom stereocenters. The van der Waals surface area contributed by atoms with E-state index in [9.17, 15) is 19.7 Å². The number of fused-ring (bicyclic) bond motifs is 1. The van der Waals surface area contributed by atoms with E-state index in [1.807, 2.05) is 12.1 Å². The van der Waals surface area contributed by atoms with Gasteiger partial charge in [0.15, 0.2) is 6.04 Å². The minimum Gasteiger partial charge on any atom is -0.426 e. The Hall–Kier alpha value is -3.42. The zero-order valence-corrected chi connectivity index (χ0v) is 13.5. The number of nitrogens with zero attached hydrogens (tertiary/aromatic N) is 1. The third-order valence-electron chi connectivity index (χ3n) is 3.90. The molecule has 0 saturated heterocycles. The van der Waals surface area contributed by atoms with Crippen LogP contribution in [0, 0.1) is 10.1 Å². The molecule has 1 aliphatic heterocycles. The summed E-state index contributed by atoms with van der Waals surface area (Å²) in [5, 5.41) is 18.0. The predicted molar refractivity (Wildman–Crippen MR) is 89.4 cm³/mol. The number of urea groups is 1. The monoisotopic (exact) mass is 341 g/mol. The fourth-order valence-corrected chi connectivity index (χ4v) is 2.95. The summed E-state index contributed by atoms with van der Waals surface area (Å²) in [5.74, 6) is -0.384. The van der Waals surface area contributed by atoms with Crippen molar-refractivity contribution in [1.82, 2.24) is 10.6 Å². The largest absolute Gasteiger partial charge is 0.426 e. The normalized spacial score (nSPS) is 17.0. The summed E-state index contributed by atoms with van der Waals surface area (Å²) in [6, 6.07) is 8.91. The van der Waals surface area contributed by atoms with E-state index in [0.717, 1.165) is 5.39 Å². The van der Waals surface area contributed by atoms with Crippen molar-refractivity contribution in [3.8, 4) is 5.75 Å². The molecule has 128 valence electrons. The van der Waals surface area contributed by atoms with E-state index in [2.05, 4.69) is 10.6 Å². The van der Waals surface area contributed by atoms with Gasteiger partial charge in [-0.2, -0.15) is 0 Å². The standard InChI is InChI=1S/C17H15N3O5/c1-9-16(20(23)24)15(19-17(22)18-9)14-12-6-4-3-5-11(12)7-8-13(14)25-10(2)21/h3-8,15H,1-2H3,(H2,18,19,22). The summed E-state index contributed by atoms with van der Waals surface area (Å²) in [5.41, 5.74) is 0.305. The molecule has 2 aromatic carbocycles. The number of benzene rings is 2. The second-order valence-corrected chi connectivity index (χ2v) is 5.59. The second kappa shape index (κ2) is 6.23. The first-order valence-electron chi connectivity index (χ1n) is 7.51. The number of hydrogen-bond acceptors (Lipinski definition) is 5. The molecule has 3 rings (SSSR count). The van der Waals surface area contributed by atoms with Gasteiger partial charge in [0.05, 0.1) is 10.6 Å². The fraction of sp³-hybridized carbons (Fsp3) is 0.176. The minimum absolute atomic E-state index is 0.139. The third kappa shape index (κ3) is 3.01. The van der Waals surface area contributed by atoms with Gasteiger partial charge in [-0.15, -0.1) is 0 Å². The fourth-order valence-electron chi connectivity index (χ4n) is 2.95. The average Bonchev–Trinajstić information content (AvgIpc) is 2.52. The van der Waals surface area contributed by atoms with Crippen LogP contribution in [0.5, 0.6) is 5.75 Å². The van der Waals surface area contributed by atoms with Crippen LogP contribution in [0.1, 0.15) is 25.5 Å². The Balaban J connectivity index is 2.31. The Kier molecular flexibility index (Phi) is 4.10. The van der Waals surface area contributed by atoms with Crippen LogP contribution in [0.3, 0.4) is 0 Å². The molecule has 0 spiro atoms. The van der Waals surface area contributed by atoms with Crippen LogP contribution in [0.2, 0.25) is 0 Å². The first-order chi connectivity index (χ1) is 11.9. The molecule has 1 aliphatic rings. The highest BCUT2D eigenvalue weighted by molar-refractivity contribution is 5.90. The molecule has 2 amide bonds. The molecule has 1 atom stereocenters. The summed E-state index contributed by atoms with van der Waals surface area (Å²) in [6.07, 6.45) is 0. The summed E-state index contributed by atoms with van der Waals surface area (Å²) in [6.45, 7) is 2.70. The predicted octanol–water partition coefficient (Wildman–Crippen LogP) is 2.63. The maximum atomic E-state index is 11.9. The van der Waals surface area contributed by atoms with Crippen LogP contribution in [-0.4, -0.2) is 16.9 Å². The van der Waals surface area contributed by atoms with Gasteiger partial charge >= 0.3 is 12.0 Å². The van der Waals surface area contributed by atoms with Gasteiger partial charge in [0.1, 0.15) is 5.75 Å². The van der Waals surface area contributed by atoms with E-state index < -0.39 is 23.0 Å². The molecular formula is C17H15N3O5. The number of carbonyl (C=O) groups excluding carboxylic acids is 2. The van der Waals surface area contributed by atoms with Crippen LogP contribution in [-0.2, 0) is 4.79 Å². The number of allylic oxidation sites excluding steroid dienone is 1.